The van der Waals surface area contributed by atoms with Gasteiger partial charge in [0.25, 0.3) is 0 Å². The maximum Gasteiger partial charge on any atom is 0.608 e. The third-order valence-corrected chi connectivity index (χ3v) is 1.03. The first-order valence-electron chi connectivity index (χ1n) is 2.73. The van der Waals surface area contributed by atoms with Gasteiger partial charge in [-0.15, -0.1) is 0 Å². The zero-order valence-electron chi connectivity index (χ0n) is 5.11. The zero-order valence-corrected chi connectivity index (χ0v) is 5.93. The smallest absolute Gasteiger partial charge is 0.378 e. The van der Waals surface area contributed by atoms with Gasteiger partial charge in [-0.1, -0.05) is 18.2 Å². The Morgan fingerprint density at radius 2 is 1.90 bits per heavy atom. The third kappa shape index (κ3) is 2.07. The van der Waals surface area contributed by atoms with E-state index in [4.69, 9.17) is 0 Å². The molecular formula is C7H6ClO2+. The van der Waals surface area contributed by atoms with E-state index in [9.17, 15) is 4.79 Å². The minimum absolute atomic E-state index is 0.488. The fourth-order valence-corrected chi connectivity index (χ4v) is 0.681. The Hall–Kier alpha value is -1.02. The topological polar surface area (TPSA) is 26.3 Å². The van der Waals surface area contributed by atoms with Crippen LogP contribution in [0.2, 0.25) is 0 Å². The quantitative estimate of drug-likeness (QED) is 0.577. The number of hydrogen-bond donors (Lipinski definition) is 0. The molecule has 0 atom stereocenters. The average Bonchev–Trinajstić information content (AvgIpc) is 1.88. The Balaban J connectivity index is 2.67. The summed E-state index contributed by atoms with van der Waals surface area (Å²) in [6.07, 6.45) is 0. The minimum Gasteiger partial charge on any atom is -0.378 e. The molecule has 10 heavy (non-hydrogen) atoms. The predicted molar refractivity (Wildman–Crippen MR) is 33.9 cm³/mol. The standard InChI is InChI=1S/C7H6ClO2/c8-7(9)10-6-4-2-1-3-5-6/h1-5,8H/q+1. The van der Waals surface area contributed by atoms with Gasteiger partial charge in [-0.2, -0.15) is 4.79 Å². The lowest BCUT2D eigenvalue weighted by Gasteiger charge is -1.91. The van der Waals surface area contributed by atoms with Crippen LogP contribution in [-0.2, 0) is 0 Å². The predicted octanol–water partition coefficient (Wildman–Crippen LogP) is 1.47. The number of carbonyl (C=O) groups is 1. The molecule has 0 aliphatic carbocycles. The van der Waals surface area contributed by atoms with Crippen LogP contribution in [0.3, 0.4) is 0 Å². The van der Waals surface area contributed by atoms with Crippen molar-refractivity contribution < 1.29 is 21.1 Å². The molecule has 0 aromatic heterocycles. The number of ether oxygens (including phenoxy) is 1. The molecule has 0 bridgehead atoms. The first-order valence-corrected chi connectivity index (χ1v) is 3.14. The zero-order chi connectivity index (χ0) is 7.40. The van der Waals surface area contributed by atoms with E-state index in [0.29, 0.717) is 5.75 Å². The first-order chi connectivity index (χ1) is 4.79. The van der Waals surface area contributed by atoms with E-state index in [1.807, 2.05) is 6.07 Å². The lowest BCUT2D eigenvalue weighted by Crippen LogP contribution is -1.99. The molecule has 0 heterocycles. The molecule has 0 aliphatic rings. The van der Waals surface area contributed by atoms with Crippen molar-refractivity contribution in [3.8, 4) is 5.75 Å². The van der Waals surface area contributed by atoms with Crippen molar-refractivity contribution in [3.05, 3.63) is 30.3 Å². The van der Waals surface area contributed by atoms with Gasteiger partial charge in [0, 0.05) is 0 Å². The number of carbonyl (C=O) groups excluding carboxylic acids is 1. The monoisotopic (exact) mass is 157 g/mol. The highest BCUT2D eigenvalue weighted by Gasteiger charge is 2.05. The fourth-order valence-electron chi connectivity index (χ4n) is 0.585. The molecule has 0 radical (unpaired) electrons. The lowest BCUT2D eigenvalue weighted by atomic mass is 10.3. The van der Waals surface area contributed by atoms with E-state index in [2.05, 4.69) is 16.3 Å². The second-order valence-electron chi connectivity index (χ2n) is 1.67. The molecule has 0 fully saturated rings. The van der Waals surface area contributed by atoms with Crippen LogP contribution in [0, 0.1) is 11.6 Å². The highest BCUT2D eigenvalue weighted by Crippen LogP contribution is 2.07. The third-order valence-electron chi connectivity index (χ3n) is 0.944. The molecule has 1 rings (SSSR count). The number of benzene rings is 1. The van der Waals surface area contributed by atoms with E-state index < -0.39 is 5.43 Å². The Kier molecular flexibility index (Phi) is 2.29. The van der Waals surface area contributed by atoms with E-state index in [-0.39, 0.29) is 0 Å². The summed E-state index contributed by atoms with van der Waals surface area (Å²) in [6, 6.07) is 8.72. The van der Waals surface area contributed by atoms with Gasteiger partial charge in [0.15, 0.2) is 0 Å². The highest BCUT2D eigenvalue weighted by molar-refractivity contribution is 5.58. The lowest BCUT2D eigenvalue weighted by molar-refractivity contribution is -0.271. The van der Waals surface area contributed by atoms with Crippen LogP contribution >= 0.6 is 0 Å². The maximum atomic E-state index is 10.2. The summed E-state index contributed by atoms with van der Waals surface area (Å²) in [7, 11) is 0. The van der Waals surface area contributed by atoms with E-state index in [1.54, 1.807) is 24.3 Å². The van der Waals surface area contributed by atoms with E-state index >= 15 is 0 Å². The molecule has 0 N–H and O–H groups in total. The van der Waals surface area contributed by atoms with Gasteiger partial charge in [-0.3, -0.25) is 0 Å². The van der Waals surface area contributed by atoms with Crippen molar-refractivity contribution in [1.82, 2.24) is 0 Å². The highest BCUT2D eigenvalue weighted by atomic mass is 35.5. The molecule has 0 saturated carbocycles. The summed E-state index contributed by atoms with van der Waals surface area (Å²) in [5.74, 6) is 0.488. The van der Waals surface area contributed by atoms with Crippen LogP contribution in [0.1, 0.15) is 0 Å². The molecular weight excluding hydrogens is 152 g/mol. The van der Waals surface area contributed by atoms with Gasteiger partial charge in [0.2, 0.25) is 11.6 Å². The first kappa shape index (κ1) is 7.09. The molecule has 2 nitrogen and oxygen atoms in total. The van der Waals surface area contributed by atoms with Gasteiger partial charge >= 0.3 is 5.43 Å². The van der Waals surface area contributed by atoms with Gasteiger partial charge in [0.05, 0.1) is 0 Å². The van der Waals surface area contributed by atoms with Gasteiger partial charge in [0.1, 0.15) is 5.75 Å². The molecule has 52 valence electrons. The number of rotatable bonds is 1. The summed E-state index contributed by atoms with van der Waals surface area (Å²) >= 11 is 4.20. The summed E-state index contributed by atoms with van der Waals surface area (Å²) in [5, 5.41) is 0. The van der Waals surface area contributed by atoms with E-state index in [1.165, 1.54) is 0 Å². The summed E-state index contributed by atoms with van der Waals surface area (Å²) in [4.78, 5) is 10.2. The van der Waals surface area contributed by atoms with Gasteiger partial charge < -0.3 is 4.74 Å². The molecule has 0 saturated heterocycles. The molecule has 0 amide bonds. The van der Waals surface area contributed by atoms with Crippen LogP contribution in [-0.4, -0.2) is 5.43 Å². The number of para-hydroxylation sites is 1. The molecule has 0 spiro atoms. The van der Waals surface area contributed by atoms with Crippen LogP contribution in [0.15, 0.2) is 30.3 Å². The SMILES string of the molecule is O=C([ClH+])Oc1ccccc1. The molecule has 0 unspecified atom stereocenters. The summed E-state index contributed by atoms with van der Waals surface area (Å²) in [5.41, 5.74) is -0.703. The molecule has 0 aliphatic heterocycles. The Labute approximate surface area is 63.4 Å². The van der Waals surface area contributed by atoms with Crippen LogP contribution < -0.4 is 4.74 Å². The average molecular weight is 158 g/mol. The second-order valence-corrected chi connectivity index (χ2v) is 2.00. The van der Waals surface area contributed by atoms with Crippen molar-refractivity contribution in [1.29, 1.82) is 0 Å². The Bertz CT molecular complexity index is 220. The summed E-state index contributed by atoms with van der Waals surface area (Å²) in [6.45, 7) is 0. The number of halogens is 1. The maximum absolute atomic E-state index is 10.2. The van der Waals surface area contributed by atoms with Gasteiger partial charge in [-0.05, 0) is 12.1 Å². The van der Waals surface area contributed by atoms with Crippen LogP contribution in [0.25, 0.3) is 0 Å². The van der Waals surface area contributed by atoms with E-state index in [0.717, 1.165) is 0 Å². The van der Waals surface area contributed by atoms with Crippen molar-refractivity contribution in [2.24, 2.45) is 0 Å². The normalized spacial score (nSPS) is 8.90. The van der Waals surface area contributed by atoms with Crippen molar-refractivity contribution in [2.75, 3.05) is 0 Å². The van der Waals surface area contributed by atoms with Crippen LogP contribution in [0.5, 0.6) is 5.75 Å². The molecule has 3 heteroatoms. The fraction of sp³-hybridized carbons (Fsp3) is 0. The van der Waals surface area contributed by atoms with Crippen molar-refractivity contribution >= 4 is 5.43 Å². The van der Waals surface area contributed by atoms with Crippen molar-refractivity contribution in [2.45, 2.75) is 0 Å². The molecule has 1 aromatic carbocycles. The second kappa shape index (κ2) is 3.22. The number of hydrogen-bond acceptors (Lipinski definition) is 2. The molecule has 1 aromatic rings. The van der Waals surface area contributed by atoms with Crippen LogP contribution in [0.4, 0.5) is 4.79 Å². The Morgan fingerprint density at radius 1 is 1.30 bits per heavy atom. The largest absolute Gasteiger partial charge is 0.608 e. The summed E-state index contributed by atoms with van der Waals surface area (Å²) < 4.78 is 4.59. The van der Waals surface area contributed by atoms with Gasteiger partial charge in [-0.25, -0.2) is 0 Å². The minimum atomic E-state index is -0.703. The Morgan fingerprint density at radius 3 is 2.40 bits per heavy atom. The van der Waals surface area contributed by atoms with Crippen molar-refractivity contribution in [3.63, 3.8) is 0 Å².